The maximum Gasteiger partial charge on any atom is 0.338 e. The van der Waals surface area contributed by atoms with E-state index in [1.54, 1.807) is 47.0 Å². The van der Waals surface area contributed by atoms with Gasteiger partial charge in [-0.3, -0.25) is 0 Å². The highest BCUT2D eigenvalue weighted by Crippen LogP contribution is 2.75. The maximum atomic E-state index is 13.9. The van der Waals surface area contributed by atoms with Crippen molar-refractivity contribution in [3.05, 3.63) is 39.3 Å². The molecule has 1 radical (unpaired) electrons. The molecule has 0 amide bonds. The number of carboxylic acid groups (broad SMARTS) is 3. The second-order valence-electron chi connectivity index (χ2n) is 18.0. The maximum absolute atomic E-state index is 13.9. The molecule has 0 saturated carbocycles. The summed E-state index contributed by atoms with van der Waals surface area (Å²) < 4.78 is -3.71. The van der Waals surface area contributed by atoms with E-state index in [1.807, 2.05) is 0 Å². The zero-order valence-electron chi connectivity index (χ0n) is 36.9. The molecule has 22 heteroatoms. The molecule has 3 aromatic carbocycles. The molecule has 0 fully saturated rings. The quantitative estimate of drug-likeness (QED) is 0.0753. The largest absolute Gasteiger partial charge is 0.478 e. The van der Waals surface area contributed by atoms with Crippen LogP contribution >= 0.6 is 141 Å². The molecule has 6 heterocycles. The lowest BCUT2D eigenvalue weighted by molar-refractivity contribution is 0.0677. The van der Waals surface area contributed by atoms with Crippen LogP contribution in [0, 0.1) is 5.92 Å². The fraction of sp³-hybridized carbons (Fsp3) is 0.500. The third kappa shape index (κ3) is 8.62. The number of hydrogen-bond donors (Lipinski definition) is 7. The number of carbonyl (C=O) groups is 3. The standard InChI is InChI=1S/C44H47O10S12/c1-39(2)55-24-18(25-31(60-40(3,4)56-25)21(36(49)50)30(24)59-39)17(19-26-32(61-41(5,6)57-26)22(37(51)52)33-27(19)58-42(7,8)62-33)20-28-34(65-43(63-28,9-13-45)10-14-46)23(38(53)54)35-29(20)64-44(66-35,11-15-47)12-16-48/h45-48H,9-16H2,1-8H3,(H,49,50)(H,51,52)(H,53,54). The summed E-state index contributed by atoms with van der Waals surface area (Å²) in [6, 6.07) is 0. The number of aromatic carboxylic acids is 3. The molecule has 355 valence electrons. The van der Waals surface area contributed by atoms with Crippen molar-refractivity contribution >= 4 is 159 Å². The van der Waals surface area contributed by atoms with Gasteiger partial charge in [-0.25, -0.2) is 14.4 Å². The van der Waals surface area contributed by atoms with Crippen molar-refractivity contribution < 1.29 is 50.1 Å². The predicted octanol–water partition coefficient (Wildman–Crippen LogP) is 12.9. The van der Waals surface area contributed by atoms with Crippen LogP contribution in [0.3, 0.4) is 0 Å². The van der Waals surface area contributed by atoms with Gasteiger partial charge >= 0.3 is 17.9 Å². The van der Waals surface area contributed by atoms with Crippen molar-refractivity contribution in [3.8, 4) is 0 Å². The number of rotatable bonds is 14. The van der Waals surface area contributed by atoms with Crippen molar-refractivity contribution in [2.75, 3.05) is 26.4 Å². The Morgan fingerprint density at radius 1 is 0.318 bits per heavy atom. The minimum absolute atomic E-state index is 0.0937. The molecule has 0 saturated heterocycles. The third-order valence-electron chi connectivity index (χ3n) is 11.3. The normalized spacial score (nSPS) is 21.4. The zero-order valence-corrected chi connectivity index (χ0v) is 46.7. The van der Waals surface area contributed by atoms with E-state index in [-0.39, 0.29) is 68.8 Å². The summed E-state index contributed by atoms with van der Waals surface area (Å²) in [5.41, 5.74) is 2.97. The number of hydrogen-bond acceptors (Lipinski definition) is 19. The Bertz CT molecular complexity index is 2380. The van der Waals surface area contributed by atoms with E-state index in [9.17, 15) is 50.1 Å². The van der Waals surface area contributed by atoms with Gasteiger partial charge in [-0.05, 0) is 97.8 Å². The molecule has 66 heavy (non-hydrogen) atoms. The molecular formula is C44H47O10S12. The van der Waals surface area contributed by atoms with E-state index in [1.165, 1.54) is 94.1 Å². The summed E-state index contributed by atoms with van der Waals surface area (Å²) in [6.07, 6.45) is 0.977. The monoisotopic (exact) mass is 1120 g/mol. The van der Waals surface area contributed by atoms with Crippen LogP contribution in [-0.4, -0.2) is 105 Å². The van der Waals surface area contributed by atoms with Gasteiger partial charge in [-0.2, -0.15) is 0 Å². The van der Waals surface area contributed by atoms with Gasteiger partial charge in [-0.1, -0.05) is 0 Å². The number of aliphatic hydroxyl groups is 4. The van der Waals surface area contributed by atoms with Crippen LogP contribution in [0.1, 0.15) is 129 Å². The highest BCUT2D eigenvalue weighted by Gasteiger charge is 2.55. The van der Waals surface area contributed by atoms with Gasteiger partial charge in [0.05, 0.1) is 47.1 Å². The molecule has 0 aromatic heterocycles. The van der Waals surface area contributed by atoms with Crippen LogP contribution in [-0.2, 0) is 0 Å². The number of aliphatic hydroxyl groups excluding tert-OH is 4. The van der Waals surface area contributed by atoms with Crippen molar-refractivity contribution in [3.63, 3.8) is 0 Å². The van der Waals surface area contributed by atoms with Gasteiger partial charge in [0.1, 0.15) is 0 Å². The number of thioether (sulfide) groups is 12. The first-order valence-corrected chi connectivity index (χ1v) is 30.7. The summed E-state index contributed by atoms with van der Waals surface area (Å²) in [6.45, 7) is 15.8. The smallest absolute Gasteiger partial charge is 0.338 e. The first-order chi connectivity index (χ1) is 30.8. The SMILES string of the molecule is CC1(C)Sc2c(c(C(=O)O)c3c(c2[C](c2c4c(c(C(=O)O)c5c2SC(C)(C)S5)SC(C)(C)S4)c2c4c(c(C(=O)O)c5c2SC(CCO)(CCO)S5)SC(CCO)(CCO)S4)SC(C)(C)S3)S1. The molecule has 0 spiro atoms. The summed E-state index contributed by atoms with van der Waals surface area (Å²) in [7, 11) is 0. The van der Waals surface area contributed by atoms with Gasteiger partial charge in [0.25, 0.3) is 0 Å². The van der Waals surface area contributed by atoms with E-state index < -0.39 is 42.4 Å². The minimum atomic E-state index is -1.14. The van der Waals surface area contributed by atoms with Crippen LogP contribution < -0.4 is 0 Å². The van der Waals surface area contributed by atoms with E-state index >= 15 is 0 Å². The predicted molar refractivity (Wildman–Crippen MR) is 280 cm³/mol. The fourth-order valence-corrected chi connectivity index (χ4v) is 27.7. The Kier molecular flexibility index (Phi) is 13.9. The van der Waals surface area contributed by atoms with Crippen LogP contribution in [0.2, 0.25) is 0 Å². The van der Waals surface area contributed by atoms with E-state index in [0.29, 0.717) is 39.2 Å². The fourth-order valence-electron chi connectivity index (χ4n) is 8.96. The van der Waals surface area contributed by atoms with Crippen molar-refractivity contribution in [1.29, 1.82) is 0 Å². The van der Waals surface area contributed by atoms with E-state index in [4.69, 9.17) is 0 Å². The first-order valence-electron chi connectivity index (χ1n) is 20.9. The molecule has 0 atom stereocenters. The molecule has 0 unspecified atom stereocenters. The van der Waals surface area contributed by atoms with Crippen molar-refractivity contribution in [1.82, 2.24) is 0 Å². The molecular weight excluding hydrogens is 1070 g/mol. The van der Waals surface area contributed by atoms with Crippen LogP contribution in [0.4, 0.5) is 0 Å². The average molecular weight is 1120 g/mol. The van der Waals surface area contributed by atoms with Gasteiger partial charge in [0.2, 0.25) is 0 Å². The topological polar surface area (TPSA) is 193 Å². The zero-order chi connectivity index (χ0) is 47.8. The Morgan fingerprint density at radius 2 is 0.485 bits per heavy atom. The summed E-state index contributed by atoms with van der Waals surface area (Å²) in [4.78, 5) is 49.3. The van der Waals surface area contributed by atoms with E-state index in [2.05, 4.69) is 55.4 Å². The van der Waals surface area contributed by atoms with Crippen LogP contribution in [0.25, 0.3) is 0 Å². The summed E-state index contributed by atoms with van der Waals surface area (Å²) >= 11 is 18.1. The summed E-state index contributed by atoms with van der Waals surface area (Å²) in [5, 5.41) is 76.2. The lowest BCUT2D eigenvalue weighted by Crippen LogP contribution is -2.21. The second kappa shape index (κ2) is 17.9. The number of benzene rings is 3. The molecule has 10 nitrogen and oxygen atoms in total. The van der Waals surface area contributed by atoms with Gasteiger partial charge < -0.3 is 35.7 Å². The summed E-state index contributed by atoms with van der Waals surface area (Å²) in [5.74, 6) is -2.43. The van der Waals surface area contributed by atoms with Crippen molar-refractivity contribution in [2.45, 2.75) is 164 Å². The third-order valence-corrected chi connectivity index (χ3v) is 29.4. The Hall–Kier alpha value is 0.110. The molecule has 3 aromatic rings. The molecule has 7 N–H and O–H groups in total. The molecule has 9 rings (SSSR count). The van der Waals surface area contributed by atoms with Crippen LogP contribution in [0.15, 0.2) is 58.7 Å². The average Bonchev–Trinajstić information content (AvgIpc) is 4.01. The first kappa shape index (κ1) is 51.0. The van der Waals surface area contributed by atoms with E-state index in [0.717, 1.165) is 42.2 Å². The van der Waals surface area contributed by atoms with Gasteiger partial charge in [0.15, 0.2) is 0 Å². The highest BCUT2D eigenvalue weighted by atomic mass is 32.2. The molecule has 0 aliphatic carbocycles. The lowest BCUT2D eigenvalue weighted by Gasteiger charge is -2.31. The lowest BCUT2D eigenvalue weighted by atomic mass is 9.83. The number of carboxylic acids is 3. The Balaban J connectivity index is 1.53. The Morgan fingerprint density at radius 3 is 0.667 bits per heavy atom. The van der Waals surface area contributed by atoms with Crippen molar-refractivity contribution in [2.24, 2.45) is 0 Å². The highest BCUT2D eigenvalue weighted by molar-refractivity contribution is 8.23. The minimum Gasteiger partial charge on any atom is -0.478 e. The van der Waals surface area contributed by atoms with Gasteiger partial charge in [0, 0.05) is 85.2 Å². The molecule has 6 aliphatic rings. The number of fused-ring (bicyclic) bond motifs is 6. The second-order valence-corrected chi connectivity index (χ2v) is 38.2. The van der Waals surface area contributed by atoms with Crippen LogP contribution in [0.5, 0.6) is 0 Å². The van der Waals surface area contributed by atoms with Gasteiger partial charge in [-0.15, -0.1) is 141 Å². The molecule has 6 aliphatic heterocycles. The Labute approximate surface area is 435 Å². The molecule has 0 bridgehead atoms.